The van der Waals surface area contributed by atoms with E-state index in [4.69, 9.17) is 4.74 Å². The Kier molecular flexibility index (Phi) is 6.87. The van der Waals surface area contributed by atoms with Crippen LogP contribution < -0.4 is 15.5 Å². The minimum Gasteiger partial charge on any atom is -0.383 e. The number of rotatable bonds is 7. The van der Waals surface area contributed by atoms with Crippen LogP contribution in [0, 0.1) is 0 Å². The molecule has 2 N–H and O–H groups in total. The largest absolute Gasteiger partial charge is 0.383 e. The molecular weight excluding hydrogens is 292 g/mol. The minimum absolute atomic E-state index is 0.194. The van der Waals surface area contributed by atoms with Crippen LogP contribution in [0.25, 0.3) is 0 Å². The van der Waals surface area contributed by atoms with Crippen molar-refractivity contribution in [2.45, 2.75) is 19.3 Å². The fourth-order valence-corrected chi connectivity index (χ4v) is 2.67. The van der Waals surface area contributed by atoms with Crippen molar-refractivity contribution in [1.29, 1.82) is 0 Å². The van der Waals surface area contributed by atoms with Gasteiger partial charge in [-0.15, -0.1) is 0 Å². The van der Waals surface area contributed by atoms with Crippen molar-refractivity contribution < 1.29 is 9.53 Å². The zero-order valence-electron chi connectivity index (χ0n) is 14.0. The number of methoxy groups -OCH3 is 1. The standard InChI is InChI=1S/C17H26N4O2/c1-18-17(20-11-13-23-2)19-10-5-8-16(22)21-12-9-14-6-3-4-7-15(14)21/h3-4,6-7H,5,8-13H2,1-2H3,(H2,18,19,20). The van der Waals surface area contributed by atoms with Gasteiger partial charge in [-0.1, -0.05) is 18.2 Å². The molecule has 1 aromatic carbocycles. The van der Waals surface area contributed by atoms with Crippen LogP contribution in [-0.2, 0) is 16.0 Å². The summed E-state index contributed by atoms with van der Waals surface area (Å²) in [6.45, 7) is 2.85. The summed E-state index contributed by atoms with van der Waals surface area (Å²) >= 11 is 0. The van der Waals surface area contributed by atoms with Gasteiger partial charge >= 0.3 is 0 Å². The highest BCUT2D eigenvalue weighted by molar-refractivity contribution is 5.95. The average molecular weight is 318 g/mol. The molecular formula is C17H26N4O2. The first-order valence-electron chi connectivity index (χ1n) is 8.08. The summed E-state index contributed by atoms with van der Waals surface area (Å²) in [5.74, 6) is 0.931. The number of guanidine groups is 1. The number of carbonyl (C=O) groups excluding carboxylic acids is 1. The first-order chi connectivity index (χ1) is 11.3. The molecule has 0 aromatic heterocycles. The number of hydrogen-bond acceptors (Lipinski definition) is 3. The molecule has 0 unspecified atom stereocenters. The number of para-hydroxylation sites is 1. The second kappa shape index (κ2) is 9.15. The lowest BCUT2D eigenvalue weighted by molar-refractivity contribution is -0.118. The predicted octanol–water partition coefficient (Wildman–Crippen LogP) is 1.17. The van der Waals surface area contributed by atoms with E-state index < -0.39 is 0 Å². The van der Waals surface area contributed by atoms with Crippen LogP contribution in [0.4, 0.5) is 5.69 Å². The molecule has 0 fully saturated rings. The van der Waals surface area contributed by atoms with E-state index in [1.165, 1.54) is 5.56 Å². The lowest BCUT2D eigenvalue weighted by Crippen LogP contribution is -2.39. The molecule has 1 aliphatic heterocycles. The van der Waals surface area contributed by atoms with Gasteiger partial charge in [-0.05, 0) is 24.5 Å². The molecule has 1 heterocycles. The smallest absolute Gasteiger partial charge is 0.227 e. The van der Waals surface area contributed by atoms with E-state index in [9.17, 15) is 4.79 Å². The van der Waals surface area contributed by atoms with E-state index in [1.807, 2.05) is 23.1 Å². The number of carbonyl (C=O) groups is 1. The Morgan fingerprint density at radius 1 is 1.30 bits per heavy atom. The molecule has 0 aliphatic carbocycles. The van der Waals surface area contributed by atoms with Crippen LogP contribution in [0.1, 0.15) is 18.4 Å². The number of benzene rings is 1. The van der Waals surface area contributed by atoms with Crippen LogP contribution in [0.15, 0.2) is 29.3 Å². The van der Waals surface area contributed by atoms with Crippen LogP contribution in [0.3, 0.4) is 0 Å². The second-order valence-electron chi connectivity index (χ2n) is 5.45. The van der Waals surface area contributed by atoms with E-state index in [0.29, 0.717) is 26.1 Å². The van der Waals surface area contributed by atoms with Crippen LogP contribution >= 0.6 is 0 Å². The number of hydrogen-bond donors (Lipinski definition) is 2. The van der Waals surface area contributed by atoms with Gasteiger partial charge in [0.05, 0.1) is 6.61 Å². The van der Waals surface area contributed by atoms with Gasteiger partial charge in [0.2, 0.25) is 5.91 Å². The molecule has 1 aliphatic rings. The van der Waals surface area contributed by atoms with Crippen LogP contribution in [0.5, 0.6) is 0 Å². The van der Waals surface area contributed by atoms with Gasteiger partial charge < -0.3 is 20.3 Å². The number of ether oxygens (including phenoxy) is 1. The third-order valence-electron chi connectivity index (χ3n) is 3.87. The molecule has 1 aromatic rings. The van der Waals surface area contributed by atoms with Crippen molar-refractivity contribution >= 4 is 17.6 Å². The summed E-state index contributed by atoms with van der Waals surface area (Å²) in [5, 5.41) is 6.35. The number of aliphatic imine (C=N–C) groups is 1. The van der Waals surface area contributed by atoms with Crippen LogP contribution in [-0.4, -0.2) is 52.3 Å². The van der Waals surface area contributed by atoms with E-state index in [-0.39, 0.29) is 5.91 Å². The highest BCUT2D eigenvalue weighted by Crippen LogP contribution is 2.27. The van der Waals surface area contributed by atoms with Crippen molar-refractivity contribution in [3.05, 3.63) is 29.8 Å². The van der Waals surface area contributed by atoms with Gasteiger partial charge in [0, 0.05) is 45.9 Å². The van der Waals surface area contributed by atoms with Gasteiger partial charge in [0.25, 0.3) is 0 Å². The quantitative estimate of drug-likeness (QED) is 0.450. The van der Waals surface area contributed by atoms with E-state index in [0.717, 1.165) is 31.0 Å². The first kappa shape index (κ1) is 17.3. The van der Waals surface area contributed by atoms with Crippen molar-refractivity contribution in [2.75, 3.05) is 45.3 Å². The Morgan fingerprint density at radius 3 is 2.87 bits per heavy atom. The molecule has 0 spiro atoms. The highest BCUT2D eigenvalue weighted by Gasteiger charge is 2.23. The Balaban J connectivity index is 1.69. The van der Waals surface area contributed by atoms with Crippen molar-refractivity contribution in [3.8, 4) is 0 Å². The SMILES string of the molecule is CN=C(NCCCC(=O)N1CCc2ccccc21)NCCOC. The predicted molar refractivity (Wildman–Crippen MR) is 93.0 cm³/mol. The number of amides is 1. The summed E-state index contributed by atoms with van der Waals surface area (Å²) < 4.78 is 4.98. The van der Waals surface area contributed by atoms with Gasteiger partial charge in [-0.25, -0.2) is 0 Å². The fourth-order valence-electron chi connectivity index (χ4n) is 2.67. The fraction of sp³-hybridized carbons (Fsp3) is 0.529. The molecule has 0 saturated heterocycles. The molecule has 23 heavy (non-hydrogen) atoms. The van der Waals surface area contributed by atoms with Gasteiger partial charge in [-0.2, -0.15) is 0 Å². The molecule has 0 saturated carbocycles. The Bertz CT molecular complexity index is 545. The van der Waals surface area contributed by atoms with Gasteiger partial charge in [-0.3, -0.25) is 9.79 Å². The maximum atomic E-state index is 12.4. The zero-order valence-corrected chi connectivity index (χ0v) is 14.0. The van der Waals surface area contributed by atoms with Gasteiger partial charge in [0.15, 0.2) is 5.96 Å². The Morgan fingerprint density at radius 2 is 2.09 bits per heavy atom. The van der Waals surface area contributed by atoms with Crippen molar-refractivity contribution in [3.63, 3.8) is 0 Å². The number of fused-ring (bicyclic) bond motifs is 1. The third kappa shape index (κ3) is 4.96. The van der Waals surface area contributed by atoms with Gasteiger partial charge in [0.1, 0.15) is 0 Å². The van der Waals surface area contributed by atoms with Crippen molar-refractivity contribution in [1.82, 2.24) is 10.6 Å². The normalized spacial score (nSPS) is 13.8. The number of anilines is 1. The molecule has 126 valence electrons. The third-order valence-corrected chi connectivity index (χ3v) is 3.87. The van der Waals surface area contributed by atoms with E-state index >= 15 is 0 Å². The number of nitrogens with zero attached hydrogens (tertiary/aromatic N) is 2. The molecule has 6 nitrogen and oxygen atoms in total. The lowest BCUT2D eigenvalue weighted by Gasteiger charge is -2.17. The summed E-state index contributed by atoms with van der Waals surface area (Å²) in [6, 6.07) is 8.14. The van der Waals surface area contributed by atoms with E-state index in [1.54, 1.807) is 14.2 Å². The summed E-state index contributed by atoms with van der Waals surface area (Å²) in [7, 11) is 3.40. The molecule has 0 bridgehead atoms. The highest BCUT2D eigenvalue weighted by atomic mass is 16.5. The molecule has 2 rings (SSSR count). The second-order valence-corrected chi connectivity index (χ2v) is 5.45. The summed E-state index contributed by atoms with van der Waals surface area (Å²) in [6.07, 6.45) is 2.27. The van der Waals surface area contributed by atoms with Crippen molar-refractivity contribution in [2.24, 2.45) is 4.99 Å². The van der Waals surface area contributed by atoms with Crippen LogP contribution in [0.2, 0.25) is 0 Å². The van der Waals surface area contributed by atoms with E-state index in [2.05, 4.69) is 21.7 Å². The Labute approximate surface area is 137 Å². The molecule has 0 atom stereocenters. The first-order valence-corrected chi connectivity index (χ1v) is 8.08. The maximum absolute atomic E-state index is 12.4. The minimum atomic E-state index is 0.194. The zero-order chi connectivity index (χ0) is 16.5. The summed E-state index contributed by atoms with van der Waals surface area (Å²) in [4.78, 5) is 18.4. The molecule has 6 heteroatoms. The lowest BCUT2D eigenvalue weighted by atomic mass is 10.2. The topological polar surface area (TPSA) is 66.0 Å². The maximum Gasteiger partial charge on any atom is 0.227 e. The Hall–Kier alpha value is -2.08. The monoisotopic (exact) mass is 318 g/mol. The number of nitrogens with one attached hydrogen (secondary N) is 2. The molecule has 0 radical (unpaired) electrons. The summed E-state index contributed by atoms with van der Waals surface area (Å²) in [5.41, 5.74) is 2.34. The molecule has 1 amide bonds. The average Bonchev–Trinajstić information content (AvgIpc) is 3.01.